The highest BCUT2D eigenvalue weighted by atomic mass is 79.9. The molecule has 9 rings (SSSR count). The Morgan fingerprint density at radius 3 is 2.34 bits per heavy atom. The van der Waals surface area contributed by atoms with E-state index in [4.69, 9.17) is 0 Å². The van der Waals surface area contributed by atoms with Crippen LogP contribution in [-0.2, 0) is 19.8 Å². The maximum Gasteiger partial charge on any atom is 0.281 e. The number of benzene rings is 3. The largest absolute Gasteiger partial charge is 0.371 e. The molecule has 0 bridgehead atoms. The molecule has 4 fully saturated rings. The van der Waals surface area contributed by atoms with Crippen molar-refractivity contribution in [1.29, 1.82) is 0 Å². The lowest BCUT2D eigenvalue weighted by molar-refractivity contribution is -0.137. The molecule has 0 spiro atoms. The molecule has 0 radical (unpaired) electrons. The molecule has 1 unspecified atom stereocenters. The molecule has 1 aromatic heterocycles. The zero-order valence-electron chi connectivity index (χ0n) is 31.6. The van der Waals surface area contributed by atoms with Crippen molar-refractivity contribution in [2.75, 3.05) is 44.2 Å². The first-order chi connectivity index (χ1) is 26.9. The predicted molar refractivity (Wildman–Crippen MR) is 212 cm³/mol. The second-order valence-corrected chi connectivity index (χ2v) is 17.6. The van der Waals surface area contributed by atoms with E-state index in [0.29, 0.717) is 55.6 Å². The minimum atomic E-state index is -1.04. The fraction of sp³-hybridized carbons (Fsp3) is 0.465. The topological polar surface area (TPSA) is 108 Å². The molecule has 4 aromatic rings. The molecule has 2 atom stereocenters. The molecule has 3 aromatic carbocycles. The number of anilines is 1. The fourth-order valence-corrected chi connectivity index (χ4v) is 10.6. The van der Waals surface area contributed by atoms with Crippen LogP contribution in [0.15, 0.2) is 57.8 Å². The maximum absolute atomic E-state index is 15.2. The van der Waals surface area contributed by atoms with E-state index in [1.807, 2.05) is 28.0 Å². The average molecular weight is 828 g/mol. The summed E-state index contributed by atoms with van der Waals surface area (Å²) in [5.74, 6) is -2.72. The van der Waals surface area contributed by atoms with Crippen LogP contribution < -0.4 is 15.8 Å². The molecular formula is C43H45BrF2N6O4. The van der Waals surface area contributed by atoms with Gasteiger partial charge < -0.3 is 14.7 Å². The predicted octanol–water partition coefficient (Wildman–Crippen LogP) is 6.28. The first-order valence-electron chi connectivity index (χ1n) is 19.9. The van der Waals surface area contributed by atoms with Crippen molar-refractivity contribution >= 4 is 50.2 Å². The van der Waals surface area contributed by atoms with Crippen LogP contribution in [0.1, 0.15) is 93.1 Å². The van der Waals surface area contributed by atoms with Gasteiger partial charge in [-0.2, -0.15) is 4.98 Å². The number of piperidine rings is 3. The van der Waals surface area contributed by atoms with E-state index < -0.39 is 34.8 Å². The van der Waals surface area contributed by atoms with Gasteiger partial charge in [0, 0.05) is 54.4 Å². The number of fused-ring (bicyclic) bond motifs is 5. The van der Waals surface area contributed by atoms with Gasteiger partial charge in [-0.3, -0.25) is 29.1 Å². The van der Waals surface area contributed by atoms with E-state index in [1.54, 1.807) is 0 Å². The molecule has 0 aliphatic carbocycles. The Bertz CT molecular complexity index is 2330. The van der Waals surface area contributed by atoms with Gasteiger partial charge in [-0.25, -0.2) is 8.78 Å². The number of nitrogens with one attached hydrogen (secondary N) is 1. The number of rotatable bonds is 5. The summed E-state index contributed by atoms with van der Waals surface area (Å²) in [5, 5.41) is 2.77. The quantitative estimate of drug-likeness (QED) is 0.236. The molecule has 10 nitrogen and oxygen atoms in total. The Morgan fingerprint density at radius 2 is 1.62 bits per heavy atom. The van der Waals surface area contributed by atoms with Crippen molar-refractivity contribution in [3.05, 3.63) is 97.5 Å². The number of amides is 3. The summed E-state index contributed by atoms with van der Waals surface area (Å²) in [4.78, 5) is 61.6. The molecule has 5 aliphatic heterocycles. The molecule has 13 heteroatoms. The zero-order valence-corrected chi connectivity index (χ0v) is 33.2. The average Bonchev–Trinajstić information content (AvgIpc) is 3.76. The maximum atomic E-state index is 15.2. The highest BCUT2D eigenvalue weighted by molar-refractivity contribution is 9.10. The van der Waals surface area contributed by atoms with Gasteiger partial charge in [0.1, 0.15) is 17.5 Å². The molecule has 0 saturated carbocycles. The normalized spacial score (nSPS) is 23.1. The molecule has 3 amide bonds. The third-order valence-corrected chi connectivity index (χ3v) is 13.9. The number of imide groups is 1. The number of carbonyl (C=O) groups excluding carboxylic acids is 3. The lowest BCUT2D eigenvalue weighted by Crippen LogP contribution is -2.50. The van der Waals surface area contributed by atoms with Crippen LogP contribution >= 0.6 is 15.9 Å². The molecule has 6 heterocycles. The first-order valence-corrected chi connectivity index (χ1v) is 20.6. The molecule has 5 aliphatic rings. The Morgan fingerprint density at radius 1 is 0.893 bits per heavy atom. The van der Waals surface area contributed by atoms with Gasteiger partial charge in [-0.05, 0) is 129 Å². The van der Waals surface area contributed by atoms with Crippen LogP contribution in [0.5, 0.6) is 0 Å². The second-order valence-electron chi connectivity index (χ2n) is 16.7. The summed E-state index contributed by atoms with van der Waals surface area (Å²) in [6, 6.07) is 15.6. The molecular weight excluding hydrogens is 782 g/mol. The Hall–Kier alpha value is -4.49. The lowest BCUT2D eigenvalue weighted by atomic mass is 9.82. The van der Waals surface area contributed by atoms with Gasteiger partial charge in [0.05, 0.1) is 33.8 Å². The van der Waals surface area contributed by atoms with Crippen LogP contribution in [0.3, 0.4) is 0 Å². The highest BCUT2D eigenvalue weighted by Crippen LogP contribution is 2.45. The molecule has 1 N–H and O–H groups in total. The molecule has 4 saturated heterocycles. The smallest absolute Gasteiger partial charge is 0.281 e. The number of hydrogen-bond donors (Lipinski definition) is 1. The van der Waals surface area contributed by atoms with Gasteiger partial charge in [0.15, 0.2) is 0 Å². The molecule has 56 heavy (non-hydrogen) atoms. The van der Waals surface area contributed by atoms with Crippen LogP contribution in [-0.4, -0.2) is 82.4 Å². The Labute approximate surface area is 332 Å². The molecule has 292 valence electrons. The number of nitrogens with zero attached hydrogens (tertiary/aromatic N) is 5. The van der Waals surface area contributed by atoms with Crippen LogP contribution in [0.25, 0.3) is 16.6 Å². The number of likely N-dealkylation sites (tertiary alicyclic amines) is 2. The van der Waals surface area contributed by atoms with Crippen molar-refractivity contribution in [2.45, 2.75) is 82.1 Å². The number of hydrogen-bond acceptors (Lipinski definition) is 7. The van der Waals surface area contributed by atoms with Crippen LogP contribution in [0.2, 0.25) is 0 Å². The fourth-order valence-electron chi connectivity index (χ4n) is 10.1. The third kappa shape index (κ3) is 6.25. The van der Waals surface area contributed by atoms with E-state index in [0.717, 1.165) is 60.3 Å². The van der Waals surface area contributed by atoms with Crippen molar-refractivity contribution < 1.29 is 23.2 Å². The van der Waals surface area contributed by atoms with Crippen LogP contribution in [0.4, 0.5) is 14.5 Å². The minimum absolute atomic E-state index is 0.0365. The first kappa shape index (κ1) is 37.1. The number of carbonyl (C=O) groups is 3. The van der Waals surface area contributed by atoms with Crippen molar-refractivity contribution in [1.82, 2.24) is 24.7 Å². The van der Waals surface area contributed by atoms with E-state index >= 15 is 8.78 Å². The Balaban J connectivity index is 0.803. The van der Waals surface area contributed by atoms with Crippen molar-refractivity contribution in [3.8, 4) is 5.69 Å². The zero-order chi connectivity index (χ0) is 39.0. The number of halogens is 3. The van der Waals surface area contributed by atoms with Gasteiger partial charge in [0.25, 0.3) is 5.56 Å². The summed E-state index contributed by atoms with van der Waals surface area (Å²) >= 11 is 3.58. The summed E-state index contributed by atoms with van der Waals surface area (Å²) in [7, 11) is 0. The van der Waals surface area contributed by atoms with E-state index in [1.165, 1.54) is 23.3 Å². The summed E-state index contributed by atoms with van der Waals surface area (Å²) in [6.45, 7) is 8.57. The monoisotopic (exact) mass is 826 g/mol. The van der Waals surface area contributed by atoms with E-state index in [-0.39, 0.29) is 35.8 Å². The standard InChI is InChI=1S/C43H45BrF2N6O4/c1-43(2)30-8-6-25(20-35(30)52-34-5-3-4-31(44)38(34)40(55)48-42(43)52)24-10-15-49(16-11-24)27-13-18-50(19-14-27)41(56)26-12-17-51(23-26)28-21-32(45)37(33(46)22-28)29-7-9-36(53)47-39(29)54/h3-6,8,20-22,24,26-27,29H,7,9-19,23H2,1-2H3,(H,47,53,54)/t26-,29?/m1/s1. The number of aromatic nitrogens is 2. The van der Waals surface area contributed by atoms with Gasteiger partial charge in [0.2, 0.25) is 17.7 Å². The van der Waals surface area contributed by atoms with Gasteiger partial charge >= 0.3 is 0 Å². The SMILES string of the molecule is CC1(C)c2ccc(C3CCN(C4CCN(C(=O)[C@@H]5CCN(c6cc(F)c(C7CCC(=O)NC7=O)c(F)c6)C5)CC4)CC3)cc2-n2c1nc(=O)c1c(Br)cccc12. The van der Waals surface area contributed by atoms with Crippen LogP contribution in [0, 0.1) is 17.6 Å². The van der Waals surface area contributed by atoms with Gasteiger partial charge in [-0.15, -0.1) is 0 Å². The summed E-state index contributed by atoms with van der Waals surface area (Å²) in [5.41, 5.74) is 3.90. The summed E-state index contributed by atoms with van der Waals surface area (Å²) in [6.07, 6.45) is 4.66. The van der Waals surface area contributed by atoms with Crippen molar-refractivity contribution in [3.63, 3.8) is 0 Å². The van der Waals surface area contributed by atoms with E-state index in [2.05, 4.69) is 67.7 Å². The van der Waals surface area contributed by atoms with Gasteiger partial charge in [-0.1, -0.05) is 18.2 Å². The third-order valence-electron chi connectivity index (χ3n) is 13.2. The summed E-state index contributed by atoms with van der Waals surface area (Å²) < 4.78 is 33.4. The lowest BCUT2D eigenvalue weighted by Gasteiger charge is -2.42. The van der Waals surface area contributed by atoms with E-state index in [9.17, 15) is 19.2 Å². The minimum Gasteiger partial charge on any atom is -0.371 e. The second kappa shape index (κ2) is 14.2. The Kier molecular flexibility index (Phi) is 9.38. The van der Waals surface area contributed by atoms with Crippen molar-refractivity contribution in [2.24, 2.45) is 5.92 Å². The highest BCUT2D eigenvalue weighted by Gasteiger charge is 2.40.